The first-order chi connectivity index (χ1) is 9.52. The van der Waals surface area contributed by atoms with Crippen molar-refractivity contribution >= 4 is 11.6 Å². The van der Waals surface area contributed by atoms with Crippen LogP contribution in [0.25, 0.3) is 0 Å². The Balaban J connectivity index is 2.32. The number of rotatable bonds is 2. The van der Waals surface area contributed by atoms with Gasteiger partial charge in [-0.1, -0.05) is 0 Å². The van der Waals surface area contributed by atoms with Crippen molar-refractivity contribution in [3.05, 3.63) is 65.2 Å². The first kappa shape index (κ1) is 13.7. The Kier molecular flexibility index (Phi) is 3.76. The van der Waals surface area contributed by atoms with Gasteiger partial charge in [0.25, 0.3) is 5.91 Å². The third-order valence-electron chi connectivity index (χ3n) is 2.85. The summed E-state index contributed by atoms with van der Waals surface area (Å²) in [7, 11) is 1.45. The van der Waals surface area contributed by atoms with Gasteiger partial charge in [0, 0.05) is 12.7 Å². The van der Waals surface area contributed by atoms with Crippen LogP contribution in [0.5, 0.6) is 0 Å². The number of benzene rings is 2. The molecule has 1 amide bonds. The maximum absolute atomic E-state index is 13.6. The molecule has 100 valence electrons. The number of halogens is 2. The van der Waals surface area contributed by atoms with Gasteiger partial charge in [-0.25, -0.2) is 8.78 Å². The fourth-order valence-electron chi connectivity index (χ4n) is 1.72. The molecule has 0 saturated carbocycles. The van der Waals surface area contributed by atoms with Crippen LogP contribution in [0, 0.1) is 23.0 Å². The van der Waals surface area contributed by atoms with Gasteiger partial charge in [-0.05, 0) is 42.5 Å². The maximum atomic E-state index is 13.6. The van der Waals surface area contributed by atoms with Gasteiger partial charge in [-0.2, -0.15) is 5.26 Å². The zero-order valence-electron chi connectivity index (χ0n) is 10.6. The van der Waals surface area contributed by atoms with Crippen molar-refractivity contribution in [3.63, 3.8) is 0 Å². The number of hydrogen-bond donors (Lipinski definition) is 0. The van der Waals surface area contributed by atoms with Crippen molar-refractivity contribution in [3.8, 4) is 6.07 Å². The van der Waals surface area contributed by atoms with Crippen molar-refractivity contribution in [1.82, 2.24) is 0 Å². The van der Waals surface area contributed by atoms with Crippen LogP contribution in [0.3, 0.4) is 0 Å². The van der Waals surface area contributed by atoms with Gasteiger partial charge in [0.1, 0.15) is 11.6 Å². The highest BCUT2D eigenvalue weighted by molar-refractivity contribution is 6.05. The number of nitrogens with zero attached hydrogens (tertiary/aromatic N) is 2. The third-order valence-corrected chi connectivity index (χ3v) is 2.85. The van der Waals surface area contributed by atoms with Gasteiger partial charge in [0.15, 0.2) is 0 Å². The highest BCUT2D eigenvalue weighted by atomic mass is 19.1. The Morgan fingerprint density at radius 2 is 1.80 bits per heavy atom. The molecule has 0 atom stereocenters. The van der Waals surface area contributed by atoms with Crippen molar-refractivity contribution < 1.29 is 13.6 Å². The van der Waals surface area contributed by atoms with E-state index in [2.05, 4.69) is 0 Å². The lowest BCUT2D eigenvalue weighted by Gasteiger charge is -2.17. The van der Waals surface area contributed by atoms with Gasteiger partial charge in [0.2, 0.25) is 0 Å². The summed E-state index contributed by atoms with van der Waals surface area (Å²) in [4.78, 5) is 13.3. The van der Waals surface area contributed by atoms with E-state index >= 15 is 0 Å². The van der Waals surface area contributed by atoms with Crippen LogP contribution in [0.15, 0.2) is 42.5 Å². The van der Waals surface area contributed by atoms with E-state index in [1.165, 1.54) is 11.9 Å². The highest BCUT2D eigenvalue weighted by Gasteiger charge is 2.18. The van der Waals surface area contributed by atoms with E-state index in [0.29, 0.717) is 11.3 Å². The molecule has 0 aromatic heterocycles. The lowest BCUT2D eigenvalue weighted by atomic mass is 10.1. The molecule has 0 fully saturated rings. The van der Waals surface area contributed by atoms with E-state index in [1.54, 1.807) is 24.3 Å². The van der Waals surface area contributed by atoms with E-state index in [1.807, 2.05) is 6.07 Å². The molecule has 0 saturated heterocycles. The van der Waals surface area contributed by atoms with Crippen molar-refractivity contribution in [2.75, 3.05) is 11.9 Å². The molecule has 0 N–H and O–H groups in total. The molecule has 20 heavy (non-hydrogen) atoms. The van der Waals surface area contributed by atoms with E-state index in [-0.39, 0.29) is 5.56 Å². The maximum Gasteiger partial charge on any atom is 0.261 e. The second-order valence-electron chi connectivity index (χ2n) is 4.15. The monoisotopic (exact) mass is 272 g/mol. The Labute approximate surface area is 114 Å². The molecular formula is C15H10F2N2O. The summed E-state index contributed by atoms with van der Waals surface area (Å²) in [6, 6.07) is 10.9. The normalized spacial score (nSPS) is 9.90. The number of carbonyl (C=O) groups is 1. The minimum Gasteiger partial charge on any atom is -0.311 e. The second kappa shape index (κ2) is 5.49. The topological polar surface area (TPSA) is 44.1 Å². The number of anilines is 1. The van der Waals surface area contributed by atoms with Crippen molar-refractivity contribution in [2.24, 2.45) is 0 Å². The summed E-state index contributed by atoms with van der Waals surface area (Å²) in [5, 5.41) is 8.70. The standard InChI is InChI=1S/C15H10F2N2O/c1-19(12-5-2-10(9-18)3-6-12)15(20)13-8-11(16)4-7-14(13)17/h2-8H,1H3. The predicted molar refractivity (Wildman–Crippen MR) is 70.2 cm³/mol. The van der Waals surface area contributed by atoms with E-state index < -0.39 is 17.5 Å². The lowest BCUT2D eigenvalue weighted by molar-refractivity contribution is 0.0988. The van der Waals surface area contributed by atoms with Crippen LogP contribution in [0.1, 0.15) is 15.9 Å². The second-order valence-corrected chi connectivity index (χ2v) is 4.15. The Morgan fingerprint density at radius 1 is 1.15 bits per heavy atom. The average molecular weight is 272 g/mol. The van der Waals surface area contributed by atoms with Gasteiger partial charge in [-0.3, -0.25) is 4.79 Å². The zero-order valence-corrected chi connectivity index (χ0v) is 10.6. The first-order valence-electron chi connectivity index (χ1n) is 5.76. The summed E-state index contributed by atoms with van der Waals surface area (Å²) in [5.74, 6) is -2.12. The summed E-state index contributed by atoms with van der Waals surface area (Å²) in [6.45, 7) is 0. The first-order valence-corrected chi connectivity index (χ1v) is 5.76. The molecule has 3 nitrogen and oxygen atoms in total. The SMILES string of the molecule is CN(C(=O)c1cc(F)ccc1F)c1ccc(C#N)cc1. The zero-order chi connectivity index (χ0) is 14.7. The molecule has 2 aromatic rings. The summed E-state index contributed by atoms with van der Waals surface area (Å²) < 4.78 is 26.7. The molecule has 5 heteroatoms. The van der Waals surface area contributed by atoms with Crippen LogP contribution >= 0.6 is 0 Å². The van der Waals surface area contributed by atoms with Crippen LogP contribution in [-0.2, 0) is 0 Å². The molecule has 0 aliphatic carbocycles. The summed E-state index contributed by atoms with van der Waals surface area (Å²) in [5.41, 5.74) is 0.598. The smallest absolute Gasteiger partial charge is 0.261 e. The van der Waals surface area contributed by atoms with Gasteiger partial charge < -0.3 is 4.90 Å². The number of amides is 1. The molecule has 0 unspecified atom stereocenters. The van der Waals surface area contributed by atoms with Crippen molar-refractivity contribution in [2.45, 2.75) is 0 Å². The quantitative estimate of drug-likeness (QED) is 0.843. The molecule has 2 rings (SSSR count). The minimum atomic E-state index is -0.781. The van der Waals surface area contributed by atoms with E-state index in [0.717, 1.165) is 18.2 Å². The molecule has 2 aromatic carbocycles. The third kappa shape index (κ3) is 2.64. The number of carbonyl (C=O) groups excluding carboxylic acids is 1. The molecule has 0 aliphatic rings. The Morgan fingerprint density at radius 3 is 2.40 bits per heavy atom. The predicted octanol–water partition coefficient (Wildman–Crippen LogP) is 3.11. The lowest BCUT2D eigenvalue weighted by Crippen LogP contribution is -2.27. The van der Waals surface area contributed by atoms with Crippen LogP contribution in [0.2, 0.25) is 0 Å². The van der Waals surface area contributed by atoms with E-state index in [9.17, 15) is 13.6 Å². The van der Waals surface area contributed by atoms with Crippen LogP contribution < -0.4 is 4.90 Å². The fourth-order valence-corrected chi connectivity index (χ4v) is 1.72. The largest absolute Gasteiger partial charge is 0.311 e. The van der Waals surface area contributed by atoms with E-state index in [4.69, 9.17) is 5.26 Å². The van der Waals surface area contributed by atoms with Gasteiger partial charge >= 0.3 is 0 Å². The average Bonchev–Trinajstić information content (AvgIpc) is 2.48. The van der Waals surface area contributed by atoms with Gasteiger partial charge in [-0.15, -0.1) is 0 Å². The van der Waals surface area contributed by atoms with Gasteiger partial charge in [0.05, 0.1) is 17.2 Å². The number of nitriles is 1. The molecule has 0 radical (unpaired) electrons. The Hall–Kier alpha value is -2.74. The molecular weight excluding hydrogens is 262 g/mol. The minimum absolute atomic E-state index is 0.336. The molecule has 0 heterocycles. The molecule has 0 bridgehead atoms. The van der Waals surface area contributed by atoms with Crippen molar-refractivity contribution in [1.29, 1.82) is 5.26 Å². The Bertz CT molecular complexity index is 690. The molecule has 0 aliphatic heterocycles. The van der Waals surface area contributed by atoms with Crippen LogP contribution in [0.4, 0.5) is 14.5 Å². The number of hydrogen-bond acceptors (Lipinski definition) is 2. The fraction of sp³-hybridized carbons (Fsp3) is 0.0667. The van der Waals surface area contributed by atoms with Crippen LogP contribution in [-0.4, -0.2) is 13.0 Å². The summed E-state index contributed by atoms with van der Waals surface area (Å²) >= 11 is 0. The highest BCUT2D eigenvalue weighted by Crippen LogP contribution is 2.18. The summed E-state index contributed by atoms with van der Waals surface area (Å²) in [6.07, 6.45) is 0. The molecule has 0 spiro atoms.